The molecule has 1 N–H and O–H groups in total. The van der Waals surface area contributed by atoms with Crippen LogP contribution in [0.5, 0.6) is 0 Å². The Labute approximate surface area is 179 Å². The standard InChI is InChI=1S/C23H25N3O3S/c1-15-9-11-26(12-10-15)14-16-7-8-19-20(13-16)30-23(24-19)25-21(27)17-5-3-4-6-18(17)22(28)29-2/h3-8,13,15H,9-12,14H2,1-2H3,(H,24,25,27). The Hall–Kier alpha value is -2.77. The zero-order chi connectivity index (χ0) is 21.1. The summed E-state index contributed by atoms with van der Waals surface area (Å²) in [5.74, 6) is -0.0970. The average Bonchev–Trinajstić information content (AvgIpc) is 3.16. The van der Waals surface area contributed by atoms with E-state index in [1.165, 1.54) is 36.9 Å². The fraction of sp³-hybridized carbons (Fsp3) is 0.348. The molecule has 1 amide bonds. The number of hydrogen-bond donors (Lipinski definition) is 1. The number of carbonyl (C=O) groups excluding carboxylic acids is 2. The Morgan fingerprint density at radius 2 is 1.90 bits per heavy atom. The van der Waals surface area contributed by atoms with Crippen molar-refractivity contribution in [1.29, 1.82) is 0 Å². The summed E-state index contributed by atoms with van der Waals surface area (Å²) in [5.41, 5.74) is 2.61. The van der Waals surface area contributed by atoms with Crippen molar-refractivity contribution in [2.75, 3.05) is 25.5 Å². The van der Waals surface area contributed by atoms with E-state index in [1.54, 1.807) is 24.3 Å². The molecule has 3 aromatic rings. The molecule has 0 atom stereocenters. The highest BCUT2D eigenvalue weighted by Crippen LogP contribution is 2.28. The number of anilines is 1. The van der Waals surface area contributed by atoms with E-state index in [9.17, 15) is 9.59 Å². The molecule has 0 bridgehead atoms. The van der Waals surface area contributed by atoms with Gasteiger partial charge >= 0.3 is 5.97 Å². The van der Waals surface area contributed by atoms with Gasteiger partial charge in [-0.05, 0) is 61.7 Å². The van der Waals surface area contributed by atoms with Gasteiger partial charge in [-0.15, -0.1) is 0 Å². The van der Waals surface area contributed by atoms with Gasteiger partial charge in [0, 0.05) is 6.54 Å². The van der Waals surface area contributed by atoms with Crippen LogP contribution in [0.4, 0.5) is 5.13 Å². The van der Waals surface area contributed by atoms with Crippen LogP contribution in [0.1, 0.15) is 46.0 Å². The lowest BCUT2D eigenvalue weighted by Crippen LogP contribution is -2.32. The van der Waals surface area contributed by atoms with E-state index in [4.69, 9.17) is 4.74 Å². The van der Waals surface area contributed by atoms with Gasteiger partial charge in [-0.25, -0.2) is 9.78 Å². The average molecular weight is 424 g/mol. The fourth-order valence-corrected chi connectivity index (χ4v) is 4.66. The van der Waals surface area contributed by atoms with Crippen molar-refractivity contribution in [2.24, 2.45) is 5.92 Å². The molecule has 0 aliphatic carbocycles. The SMILES string of the molecule is COC(=O)c1ccccc1C(=O)Nc1nc2ccc(CN3CCC(C)CC3)cc2s1. The van der Waals surface area contributed by atoms with Gasteiger partial charge in [0.1, 0.15) is 0 Å². The summed E-state index contributed by atoms with van der Waals surface area (Å²) in [5, 5.41) is 3.34. The first-order valence-corrected chi connectivity index (χ1v) is 11.0. The molecule has 2 aromatic carbocycles. The largest absolute Gasteiger partial charge is 0.465 e. The number of aromatic nitrogens is 1. The van der Waals surface area contributed by atoms with Gasteiger partial charge in [0.2, 0.25) is 0 Å². The maximum atomic E-state index is 12.7. The summed E-state index contributed by atoms with van der Waals surface area (Å²) >= 11 is 1.44. The van der Waals surface area contributed by atoms with E-state index in [-0.39, 0.29) is 17.0 Å². The summed E-state index contributed by atoms with van der Waals surface area (Å²) < 4.78 is 5.81. The Balaban J connectivity index is 1.49. The molecule has 0 saturated carbocycles. The van der Waals surface area contributed by atoms with Crippen LogP contribution in [0, 0.1) is 5.92 Å². The Morgan fingerprint density at radius 3 is 2.63 bits per heavy atom. The van der Waals surface area contributed by atoms with Gasteiger partial charge in [-0.1, -0.05) is 36.5 Å². The summed E-state index contributed by atoms with van der Waals surface area (Å²) in [6.45, 7) is 5.54. The molecule has 4 rings (SSSR count). The number of fused-ring (bicyclic) bond motifs is 1. The molecule has 6 nitrogen and oxygen atoms in total. The first-order chi connectivity index (χ1) is 14.5. The second-order valence-corrected chi connectivity index (χ2v) is 8.80. The van der Waals surface area contributed by atoms with Crippen molar-refractivity contribution in [3.63, 3.8) is 0 Å². The van der Waals surface area contributed by atoms with E-state index in [2.05, 4.69) is 34.3 Å². The van der Waals surface area contributed by atoms with Crippen LogP contribution in [-0.2, 0) is 11.3 Å². The van der Waals surface area contributed by atoms with Gasteiger partial charge in [-0.3, -0.25) is 15.0 Å². The summed E-state index contributed by atoms with van der Waals surface area (Å²) in [4.78, 5) is 31.7. The summed E-state index contributed by atoms with van der Waals surface area (Å²) in [6, 6.07) is 12.9. The van der Waals surface area contributed by atoms with Crippen LogP contribution >= 0.6 is 11.3 Å². The number of amides is 1. The van der Waals surface area contributed by atoms with Crippen LogP contribution in [0.2, 0.25) is 0 Å². The third kappa shape index (κ3) is 4.52. The van der Waals surface area contributed by atoms with Crippen LogP contribution in [0.15, 0.2) is 42.5 Å². The van der Waals surface area contributed by atoms with Gasteiger partial charge in [-0.2, -0.15) is 0 Å². The second kappa shape index (κ2) is 8.93. The molecule has 156 valence electrons. The van der Waals surface area contributed by atoms with Crippen LogP contribution < -0.4 is 5.32 Å². The highest BCUT2D eigenvalue weighted by atomic mass is 32.1. The molecule has 7 heteroatoms. The van der Waals surface area contributed by atoms with E-state index < -0.39 is 5.97 Å². The Morgan fingerprint density at radius 1 is 1.17 bits per heavy atom. The lowest BCUT2D eigenvalue weighted by Gasteiger charge is -2.30. The Kier molecular flexibility index (Phi) is 6.11. The smallest absolute Gasteiger partial charge is 0.338 e. The molecule has 0 unspecified atom stereocenters. The molecule has 1 aliphatic heterocycles. The minimum atomic E-state index is -0.540. The van der Waals surface area contributed by atoms with Gasteiger partial charge in [0.15, 0.2) is 5.13 Å². The molecule has 1 saturated heterocycles. The van der Waals surface area contributed by atoms with Gasteiger partial charge < -0.3 is 4.74 Å². The molecule has 0 spiro atoms. The number of nitrogens with zero attached hydrogens (tertiary/aromatic N) is 2. The number of thiazole rings is 1. The molecular formula is C23H25N3O3S. The van der Waals surface area contributed by atoms with E-state index in [0.717, 1.165) is 35.8 Å². The van der Waals surface area contributed by atoms with Gasteiger partial charge in [0.05, 0.1) is 28.5 Å². The minimum Gasteiger partial charge on any atom is -0.465 e. The zero-order valence-electron chi connectivity index (χ0n) is 17.2. The molecular weight excluding hydrogens is 398 g/mol. The molecule has 2 heterocycles. The fourth-order valence-electron chi connectivity index (χ4n) is 3.73. The van der Waals surface area contributed by atoms with E-state index in [0.29, 0.717) is 5.13 Å². The highest BCUT2D eigenvalue weighted by molar-refractivity contribution is 7.22. The topological polar surface area (TPSA) is 71.5 Å². The third-order valence-corrected chi connectivity index (χ3v) is 6.47. The first-order valence-electron chi connectivity index (χ1n) is 10.1. The van der Waals surface area contributed by atoms with Gasteiger partial charge in [0.25, 0.3) is 5.91 Å². The predicted octanol–water partition coefficient (Wildman–Crippen LogP) is 4.57. The van der Waals surface area contributed by atoms with Crippen LogP contribution in [-0.4, -0.2) is 42.0 Å². The quantitative estimate of drug-likeness (QED) is 0.609. The monoisotopic (exact) mass is 423 g/mol. The van der Waals surface area contributed by atoms with E-state index >= 15 is 0 Å². The molecule has 1 fully saturated rings. The number of rotatable bonds is 5. The number of esters is 1. The number of carbonyl (C=O) groups is 2. The van der Waals surface area contributed by atoms with Crippen molar-refractivity contribution in [3.8, 4) is 0 Å². The normalized spacial score (nSPS) is 15.3. The lowest BCUT2D eigenvalue weighted by molar-refractivity contribution is 0.0597. The zero-order valence-corrected chi connectivity index (χ0v) is 18.0. The molecule has 1 aliphatic rings. The van der Waals surface area contributed by atoms with E-state index in [1.807, 2.05) is 6.07 Å². The molecule has 0 radical (unpaired) electrons. The number of piperidine rings is 1. The maximum absolute atomic E-state index is 12.7. The molecule has 1 aromatic heterocycles. The summed E-state index contributed by atoms with van der Waals surface area (Å²) in [7, 11) is 1.30. The van der Waals surface area contributed by atoms with Crippen LogP contribution in [0.25, 0.3) is 10.2 Å². The minimum absolute atomic E-state index is 0.233. The number of ether oxygens (including phenoxy) is 1. The Bertz CT molecular complexity index is 1070. The first kappa shape index (κ1) is 20.5. The number of methoxy groups -OCH3 is 1. The predicted molar refractivity (Wildman–Crippen MR) is 119 cm³/mol. The third-order valence-electron chi connectivity index (χ3n) is 5.53. The number of nitrogens with one attached hydrogen (secondary N) is 1. The molecule has 30 heavy (non-hydrogen) atoms. The number of likely N-dealkylation sites (tertiary alicyclic amines) is 1. The summed E-state index contributed by atoms with van der Waals surface area (Å²) in [6.07, 6.45) is 2.51. The second-order valence-electron chi connectivity index (χ2n) is 7.77. The highest BCUT2D eigenvalue weighted by Gasteiger charge is 2.19. The lowest BCUT2D eigenvalue weighted by atomic mass is 9.99. The van der Waals surface area contributed by atoms with Crippen molar-refractivity contribution < 1.29 is 14.3 Å². The van der Waals surface area contributed by atoms with Crippen molar-refractivity contribution >= 4 is 38.6 Å². The van der Waals surface area contributed by atoms with Crippen molar-refractivity contribution in [2.45, 2.75) is 26.3 Å². The van der Waals surface area contributed by atoms with Crippen molar-refractivity contribution in [3.05, 3.63) is 59.2 Å². The van der Waals surface area contributed by atoms with Crippen LogP contribution in [0.3, 0.4) is 0 Å². The number of benzene rings is 2. The number of hydrogen-bond acceptors (Lipinski definition) is 6. The maximum Gasteiger partial charge on any atom is 0.338 e. The van der Waals surface area contributed by atoms with Crippen molar-refractivity contribution in [1.82, 2.24) is 9.88 Å².